The number of hydrogen-bond donors (Lipinski definition) is 0. The van der Waals surface area contributed by atoms with Crippen molar-refractivity contribution < 1.29 is 4.74 Å². The summed E-state index contributed by atoms with van der Waals surface area (Å²) in [6.45, 7) is 1.29. The van der Waals surface area contributed by atoms with Crippen LogP contribution in [0.15, 0.2) is 34.9 Å². The highest BCUT2D eigenvalue weighted by Gasteiger charge is 2.23. The number of ether oxygens (including phenoxy) is 1. The standard InChI is InChI=1S/C16H14BrClN4O/c17-14-13(23-9-11-2-1-7-19-16(11)18)6-5-12-15(14)20-21-22(12)8-10-3-4-10/h1-2,5-7,10H,3-4,8-9H2. The van der Waals surface area contributed by atoms with Crippen molar-refractivity contribution in [2.24, 2.45) is 5.92 Å². The fraction of sp³-hybridized carbons (Fsp3) is 0.312. The lowest BCUT2D eigenvalue weighted by molar-refractivity contribution is 0.304. The average Bonchev–Trinajstić information content (AvgIpc) is 3.27. The van der Waals surface area contributed by atoms with Crippen LogP contribution in [-0.4, -0.2) is 20.0 Å². The summed E-state index contributed by atoms with van der Waals surface area (Å²) in [7, 11) is 0. The van der Waals surface area contributed by atoms with E-state index in [0.29, 0.717) is 11.8 Å². The lowest BCUT2D eigenvalue weighted by Crippen LogP contribution is -2.02. The Bertz CT molecular complexity index is 862. The number of nitrogens with zero attached hydrogens (tertiary/aromatic N) is 4. The topological polar surface area (TPSA) is 52.8 Å². The van der Waals surface area contributed by atoms with Crippen molar-refractivity contribution in [1.29, 1.82) is 0 Å². The maximum Gasteiger partial charge on any atom is 0.136 e. The minimum absolute atomic E-state index is 0.354. The molecule has 0 unspecified atom stereocenters. The monoisotopic (exact) mass is 392 g/mol. The van der Waals surface area contributed by atoms with E-state index in [2.05, 4.69) is 31.2 Å². The van der Waals surface area contributed by atoms with Crippen molar-refractivity contribution >= 4 is 38.6 Å². The summed E-state index contributed by atoms with van der Waals surface area (Å²) >= 11 is 9.63. The molecule has 3 aromatic rings. The Balaban J connectivity index is 1.58. The van der Waals surface area contributed by atoms with Gasteiger partial charge in [0.1, 0.15) is 23.0 Å². The summed E-state index contributed by atoms with van der Waals surface area (Å²) in [5.41, 5.74) is 2.69. The SMILES string of the molecule is Clc1ncccc1COc1ccc2c(nnn2CC2CC2)c1Br. The van der Waals surface area contributed by atoms with Gasteiger partial charge in [-0.2, -0.15) is 0 Å². The number of pyridine rings is 1. The van der Waals surface area contributed by atoms with Gasteiger partial charge >= 0.3 is 0 Å². The van der Waals surface area contributed by atoms with Gasteiger partial charge in [-0.25, -0.2) is 9.67 Å². The van der Waals surface area contributed by atoms with Gasteiger partial charge in [-0.3, -0.25) is 0 Å². The third-order valence-electron chi connectivity index (χ3n) is 3.94. The van der Waals surface area contributed by atoms with Gasteiger partial charge in [-0.15, -0.1) is 5.10 Å². The van der Waals surface area contributed by atoms with Crippen molar-refractivity contribution in [3.05, 3.63) is 45.7 Å². The van der Waals surface area contributed by atoms with Gasteiger partial charge in [-0.1, -0.05) is 22.9 Å². The van der Waals surface area contributed by atoms with Gasteiger partial charge < -0.3 is 4.74 Å². The maximum atomic E-state index is 6.05. The van der Waals surface area contributed by atoms with Gasteiger partial charge in [0.2, 0.25) is 0 Å². The normalized spacial score (nSPS) is 14.3. The second-order valence-electron chi connectivity index (χ2n) is 5.70. The molecule has 4 rings (SSSR count). The summed E-state index contributed by atoms with van der Waals surface area (Å²) in [5.74, 6) is 1.47. The van der Waals surface area contributed by atoms with Crippen molar-refractivity contribution in [2.75, 3.05) is 0 Å². The lowest BCUT2D eigenvalue weighted by Gasteiger charge is -2.09. The second kappa shape index (κ2) is 6.09. The van der Waals surface area contributed by atoms with Crippen LogP contribution in [0.3, 0.4) is 0 Å². The van der Waals surface area contributed by atoms with Crippen LogP contribution in [-0.2, 0) is 13.2 Å². The molecule has 0 spiro atoms. The molecule has 2 heterocycles. The van der Waals surface area contributed by atoms with E-state index < -0.39 is 0 Å². The van der Waals surface area contributed by atoms with Crippen LogP contribution in [0.1, 0.15) is 18.4 Å². The van der Waals surface area contributed by atoms with Crippen LogP contribution in [0.2, 0.25) is 5.15 Å². The van der Waals surface area contributed by atoms with Gasteiger partial charge in [-0.05, 0) is 52.9 Å². The van der Waals surface area contributed by atoms with Gasteiger partial charge in [0, 0.05) is 18.3 Å². The van der Waals surface area contributed by atoms with Crippen molar-refractivity contribution in [3.63, 3.8) is 0 Å². The van der Waals surface area contributed by atoms with E-state index in [1.165, 1.54) is 12.8 Å². The molecule has 2 aromatic heterocycles. The number of rotatable bonds is 5. The Labute approximate surface area is 146 Å². The summed E-state index contributed by atoms with van der Waals surface area (Å²) in [5, 5.41) is 9.00. The molecule has 0 aliphatic heterocycles. The van der Waals surface area contributed by atoms with Crippen LogP contribution in [0, 0.1) is 5.92 Å². The molecule has 7 heteroatoms. The quantitative estimate of drug-likeness (QED) is 0.609. The van der Waals surface area contributed by atoms with E-state index in [9.17, 15) is 0 Å². The molecule has 118 valence electrons. The summed E-state index contributed by atoms with van der Waals surface area (Å²) < 4.78 is 8.65. The molecule has 1 aliphatic carbocycles. The number of hydrogen-bond acceptors (Lipinski definition) is 4. The number of halogens is 2. The van der Waals surface area contributed by atoms with E-state index in [1.54, 1.807) is 6.20 Å². The molecule has 0 N–H and O–H groups in total. The first-order valence-electron chi connectivity index (χ1n) is 7.46. The van der Waals surface area contributed by atoms with E-state index in [4.69, 9.17) is 16.3 Å². The van der Waals surface area contributed by atoms with Gasteiger partial charge in [0.25, 0.3) is 0 Å². The molecule has 0 bridgehead atoms. The summed E-state index contributed by atoms with van der Waals surface area (Å²) in [4.78, 5) is 4.05. The molecule has 1 saturated carbocycles. The Hall–Kier alpha value is -1.66. The molecule has 1 aromatic carbocycles. The number of fused-ring (bicyclic) bond motifs is 1. The number of benzene rings is 1. The van der Waals surface area contributed by atoms with Crippen LogP contribution in [0.4, 0.5) is 0 Å². The van der Waals surface area contributed by atoms with Gasteiger partial charge in [0.05, 0.1) is 9.99 Å². The number of aromatic nitrogens is 4. The van der Waals surface area contributed by atoms with Gasteiger partial charge in [0.15, 0.2) is 0 Å². The summed E-state index contributed by atoms with van der Waals surface area (Å²) in [6.07, 6.45) is 4.23. The molecule has 5 nitrogen and oxygen atoms in total. The average molecular weight is 394 g/mol. The minimum Gasteiger partial charge on any atom is -0.488 e. The Kier molecular flexibility index (Phi) is 3.95. The molecule has 0 radical (unpaired) electrons. The van der Waals surface area contributed by atoms with Crippen LogP contribution in [0.25, 0.3) is 11.0 Å². The van der Waals surface area contributed by atoms with E-state index in [1.807, 2.05) is 28.9 Å². The minimum atomic E-state index is 0.354. The zero-order chi connectivity index (χ0) is 15.8. The maximum absolute atomic E-state index is 6.05. The molecule has 1 aliphatic rings. The van der Waals surface area contributed by atoms with Crippen LogP contribution < -0.4 is 4.74 Å². The first-order valence-corrected chi connectivity index (χ1v) is 8.63. The third kappa shape index (κ3) is 3.05. The highest BCUT2D eigenvalue weighted by atomic mass is 79.9. The van der Waals surface area contributed by atoms with Crippen LogP contribution >= 0.6 is 27.5 Å². The predicted octanol–water partition coefficient (Wildman–Crippen LogP) is 4.23. The molecule has 1 fully saturated rings. The summed E-state index contributed by atoms with van der Waals surface area (Å²) in [6, 6.07) is 7.67. The van der Waals surface area contributed by atoms with Crippen molar-refractivity contribution in [3.8, 4) is 5.75 Å². The highest BCUT2D eigenvalue weighted by molar-refractivity contribution is 9.10. The smallest absolute Gasteiger partial charge is 0.136 e. The van der Waals surface area contributed by atoms with E-state index in [0.717, 1.165) is 39.3 Å². The Morgan fingerprint density at radius 3 is 2.96 bits per heavy atom. The molecular formula is C16H14BrClN4O. The first kappa shape index (κ1) is 14.9. The second-order valence-corrected chi connectivity index (χ2v) is 6.85. The van der Waals surface area contributed by atoms with Crippen molar-refractivity contribution in [1.82, 2.24) is 20.0 Å². The highest BCUT2D eigenvalue weighted by Crippen LogP contribution is 2.35. The zero-order valence-electron chi connectivity index (χ0n) is 12.2. The molecule has 23 heavy (non-hydrogen) atoms. The molecule has 0 atom stereocenters. The van der Waals surface area contributed by atoms with Crippen LogP contribution in [0.5, 0.6) is 5.75 Å². The molecule has 0 saturated heterocycles. The van der Waals surface area contributed by atoms with E-state index in [-0.39, 0.29) is 0 Å². The molecule has 0 amide bonds. The first-order chi connectivity index (χ1) is 11.2. The fourth-order valence-corrected chi connectivity index (χ4v) is 3.16. The predicted molar refractivity (Wildman–Crippen MR) is 91.5 cm³/mol. The third-order valence-corrected chi connectivity index (χ3v) is 5.04. The fourth-order valence-electron chi connectivity index (χ4n) is 2.46. The van der Waals surface area contributed by atoms with Crippen molar-refractivity contribution in [2.45, 2.75) is 26.0 Å². The van der Waals surface area contributed by atoms with E-state index >= 15 is 0 Å². The largest absolute Gasteiger partial charge is 0.488 e. The Morgan fingerprint density at radius 2 is 2.17 bits per heavy atom. The lowest BCUT2D eigenvalue weighted by atomic mass is 10.2. The zero-order valence-corrected chi connectivity index (χ0v) is 14.6. The Morgan fingerprint density at radius 1 is 1.30 bits per heavy atom. The molecular weight excluding hydrogens is 380 g/mol.